The van der Waals surface area contributed by atoms with Crippen LogP contribution in [0.5, 0.6) is 0 Å². The van der Waals surface area contributed by atoms with Crippen LogP contribution in [0.2, 0.25) is 0 Å². The summed E-state index contributed by atoms with van der Waals surface area (Å²) in [6, 6.07) is 10.6. The van der Waals surface area contributed by atoms with Gasteiger partial charge in [-0.2, -0.15) is 0 Å². The largest absolute Gasteiger partial charge is 0.377 e. The molecule has 0 spiro atoms. The fourth-order valence-corrected chi connectivity index (χ4v) is 4.28. The van der Waals surface area contributed by atoms with Crippen LogP contribution in [0.25, 0.3) is 10.9 Å². The summed E-state index contributed by atoms with van der Waals surface area (Å²) in [5.74, 6) is 0.178. The number of likely N-dealkylation sites (tertiary alicyclic amines) is 1. The van der Waals surface area contributed by atoms with E-state index in [4.69, 9.17) is 10.5 Å². The molecule has 2 aliphatic rings. The third kappa shape index (κ3) is 3.06. The van der Waals surface area contributed by atoms with Gasteiger partial charge in [-0.15, -0.1) is 0 Å². The number of nitrogens with one attached hydrogen (secondary N) is 1. The zero-order chi connectivity index (χ0) is 16.5. The molecular weight excluding hydrogens is 302 g/mol. The highest BCUT2D eigenvalue weighted by atomic mass is 16.5. The number of aromatic nitrogens is 1. The summed E-state index contributed by atoms with van der Waals surface area (Å²) in [4.78, 5) is 17.6. The van der Waals surface area contributed by atoms with Gasteiger partial charge in [-0.25, -0.2) is 0 Å². The molecule has 0 saturated carbocycles. The summed E-state index contributed by atoms with van der Waals surface area (Å²) >= 11 is 0. The van der Waals surface area contributed by atoms with Crippen molar-refractivity contribution in [1.29, 1.82) is 0 Å². The normalized spacial score (nSPS) is 26.2. The maximum Gasteiger partial charge on any atom is 0.223 e. The van der Waals surface area contributed by atoms with E-state index in [-0.39, 0.29) is 17.9 Å². The Kier molecular flexibility index (Phi) is 4.29. The second-order valence-electron chi connectivity index (χ2n) is 7.13. The van der Waals surface area contributed by atoms with Crippen LogP contribution in [0.15, 0.2) is 30.3 Å². The van der Waals surface area contributed by atoms with E-state index < -0.39 is 0 Å². The van der Waals surface area contributed by atoms with Crippen molar-refractivity contribution in [2.75, 3.05) is 19.7 Å². The van der Waals surface area contributed by atoms with E-state index in [0.717, 1.165) is 38.9 Å². The molecule has 24 heavy (non-hydrogen) atoms. The molecule has 0 bridgehead atoms. The Bertz CT molecular complexity index is 685. The highest BCUT2D eigenvalue weighted by molar-refractivity contribution is 5.80. The number of nitrogens with zero attached hydrogens (tertiary/aromatic N) is 1. The molecule has 4 rings (SSSR count). The number of hydrogen-bond donors (Lipinski definition) is 2. The summed E-state index contributed by atoms with van der Waals surface area (Å²) < 4.78 is 5.83. The maximum absolute atomic E-state index is 11.6. The quantitative estimate of drug-likeness (QED) is 0.905. The van der Waals surface area contributed by atoms with Gasteiger partial charge < -0.3 is 15.5 Å². The van der Waals surface area contributed by atoms with Gasteiger partial charge in [0.2, 0.25) is 5.91 Å². The number of piperidine rings is 1. The lowest BCUT2D eigenvalue weighted by Crippen LogP contribution is -2.41. The number of ether oxygens (including phenoxy) is 1. The van der Waals surface area contributed by atoms with E-state index in [9.17, 15) is 4.79 Å². The van der Waals surface area contributed by atoms with E-state index in [1.54, 1.807) is 0 Å². The Morgan fingerprint density at radius 2 is 2.04 bits per heavy atom. The van der Waals surface area contributed by atoms with Crippen molar-refractivity contribution in [2.24, 2.45) is 17.6 Å². The molecule has 3 N–H and O–H groups in total. The Labute approximate surface area is 142 Å². The summed E-state index contributed by atoms with van der Waals surface area (Å²) in [6.45, 7) is 3.72. The average molecular weight is 327 g/mol. The van der Waals surface area contributed by atoms with Crippen LogP contribution in [0, 0.1) is 11.8 Å². The van der Waals surface area contributed by atoms with Crippen LogP contribution in [-0.2, 0) is 16.1 Å². The van der Waals surface area contributed by atoms with Crippen molar-refractivity contribution < 1.29 is 9.53 Å². The number of amides is 1. The first-order valence-electron chi connectivity index (χ1n) is 8.90. The number of rotatable bonds is 4. The second kappa shape index (κ2) is 6.57. The predicted octanol–water partition coefficient (Wildman–Crippen LogP) is 2.27. The SMILES string of the molecule is NC(=O)[C@H]1CCO[C@@H]1C1CCN(Cc2cc3ccccc3[nH]2)CC1. The number of H-pyrrole nitrogens is 1. The molecule has 0 radical (unpaired) electrons. The number of hydrogen-bond acceptors (Lipinski definition) is 3. The molecule has 0 aliphatic carbocycles. The molecule has 2 aliphatic heterocycles. The Morgan fingerprint density at radius 3 is 2.79 bits per heavy atom. The molecule has 2 fully saturated rings. The Balaban J connectivity index is 1.35. The maximum atomic E-state index is 11.6. The summed E-state index contributed by atoms with van der Waals surface area (Å²) in [7, 11) is 0. The smallest absolute Gasteiger partial charge is 0.223 e. The van der Waals surface area contributed by atoms with Gasteiger partial charge in [-0.1, -0.05) is 18.2 Å². The summed E-state index contributed by atoms with van der Waals surface area (Å²) in [6.07, 6.45) is 2.98. The van der Waals surface area contributed by atoms with Gasteiger partial charge in [-0.3, -0.25) is 9.69 Å². The number of benzene rings is 1. The van der Waals surface area contributed by atoms with E-state index >= 15 is 0 Å². The van der Waals surface area contributed by atoms with E-state index in [0.29, 0.717) is 12.5 Å². The number of carbonyl (C=O) groups is 1. The van der Waals surface area contributed by atoms with E-state index in [1.807, 2.05) is 0 Å². The predicted molar refractivity (Wildman–Crippen MR) is 93.3 cm³/mol. The van der Waals surface area contributed by atoms with E-state index in [1.165, 1.54) is 16.6 Å². The van der Waals surface area contributed by atoms with Gasteiger partial charge in [0.1, 0.15) is 0 Å². The van der Waals surface area contributed by atoms with Gasteiger partial charge in [0.25, 0.3) is 0 Å². The number of carbonyl (C=O) groups excluding carboxylic acids is 1. The molecule has 0 unspecified atom stereocenters. The molecule has 2 atom stereocenters. The van der Waals surface area contributed by atoms with Crippen LogP contribution in [-0.4, -0.2) is 41.6 Å². The molecule has 3 heterocycles. The van der Waals surface area contributed by atoms with Crippen LogP contribution in [0.1, 0.15) is 25.0 Å². The summed E-state index contributed by atoms with van der Waals surface area (Å²) in [5.41, 5.74) is 7.99. The molecular formula is C19H25N3O2. The monoisotopic (exact) mass is 327 g/mol. The fourth-order valence-electron chi connectivity index (χ4n) is 4.28. The zero-order valence-corrected chi connectivity index (χ0v) is 13.9. The Hall–Kier alpha value is -1.85. The molecule has 1 aromatic carbocycles. The lowest BCUT2D eigenvalue weighted by Gasteiger charge is -2.35. The van der Waals surface area contributed by atoms with Gasteiger partial charge in [0.05, 0.1) is 12.0 Å². The second-order valence-corrected chi connectivity index (χ2v) is 7.13. The highest BCUT2D eigenvalue weighted by Crippen LogP contribution is 2.33. The molecule has 2 aromatic rings. The number of primary amides is 1. The van der Waals surface area contributed by atoms with Crippen molar-refractivity contribution in [3.8, 4) is 0 Å². The van der Waals surface area contributed by atoms with Gasteiger partial charge in [0.15, 0.2) is 0 Å². The topological polar surface area (TPSA) is 71.4 Å². The standard InChI is InChI=1S/C19H25N3O2/c20-19(23)16-7-10-24-18(16)13-5-8-22(9-6-13)12-15-11-14-3-1-2-4-17(14)21-15/h1-4,11,13,16,18,21H,5-10,12H2,(H2,20,23)/t16-,18+/m0/s1. The third-order valence-corrected chi connectivity index (χ3v) is 5.58. The molecule has 1 aromatic heterocycles. The number of aromatic amines is 1. The average Bonchev–Trinajstić information content (AvgIpc) is 3.21. The lowest BCUT2D eigenvalue weighted by molar-refractivity contribution is -0.124. The summed E-state index contributed by atoms with van der Waals surface area (Å²) in [5, 5.41) is 1.27. The zero-order valence-electron chi connectivity index (χ0n) is 13.9. The first kappa shape index (κ1) is 15.7. The van der Waals surface area contributed by atoms with Crippen molar-refractivity contribution in [3.63, 3.8) is 0 Å². The van der Waals surface area contributed by atoms with Crippen molar-refractivity contribution in [2.45, 2.75) is 31.9 Å². The Morgan fingerprint density at radius 1 is 1.25 bits per heavy atom. The van der Waals surface area contributed by atoms with E-state index in [2.05, 4.69) is 40.2 Å². The molecule has 5 nitrogen and oxygen atoms in total. The molecule has 1 amide bonds. The number of nitrogens with two attached hydrogens (primary N) is 1. The molecule has 5 heteroatoms. The first-order chi connectivity index (χ1) is 11.7. The number of fused-ring (bicyclic) bond motifs is 1. The van der Waals surface area contributed by atoms with Gasteiger partial charge in [0, 0.05) is 24.4 Å². The minimum atomic E-state index is -0.196. The van der Waals surface area contributed by atoms with Crippen molar-refractivity contribution in [1.82, 2.24) is 9.88 Å². The van der Waals surface area contributed by atoms with Crippen molar-refractivity contribution in [3.05, 3.63) is 36.0 Å². The van der Waals surface area contributed by atoms with Crippen LogP contribution in [0.3, 0.4) is 0 Å². The third-order valence-electron chi connectivity index (χ3n) is 5.58. The highest BCUT2D eigenvalue weighted by Gasteiger charge is 2.39. The fraction of sp³-hybridized carbons (Fsp3) is 0.526. The van der Waals surface area contributed by atoms with Crippen LogP contribution < -0.4 is 5.73 Å². The molecule has 2 saturated heterocycles. The van der Waals surface area contributed by atoms with Crippen LogP contribution >= 0.6 is 0 Å². The minimum absolute atomic E-state index is 0.0396. The van der Waals surface area contributed by atoms with Crippen LogP contribution in [0.4, 0.5) is 0 Å². The lowest BCUT2D eigenvalue weighted by atomic mass is 9.84. The van der Waals surface area contributed by atoms with Gasteiger partial charge in [-0.05, 0) is 55.8 Å². The van der Waals surface area contributed by atoms with Gasteiger partial charge >= 0.3 is 0 Å². The minimum Gasteiger partial charge on any atom is -0.377 e. The number of para-hydroxylation sites is 1. The first-order valence-corrected chi connectivity index (χ1v) is 8.90. The van der Waals surface area contributed by atoms with Crippen molar-refractivity contribution >= 4 is 16.8 Å². The molecule has 128 valence electrons.